The van der Waals surface area contributed by atoms with Crippen LogP contribution >= 0.6 is 0 Å². The van der Waals surface area contributed by atoms with Gasteiger partial charge in [0.1, 0.15) is 11.3 Å². The Bertz CT molecular complexity index is 749. The molecule has 1 heterocycles. The second kappa shape index (κ2) is 6.64. The Morgan fingerprint density at radius 2 is 2.09 bits per heavy atom. The summed E-state index contributed by atoms with van der Waals surface area (Å²) in [6, 6.07) is 5.37. The van der Waals surface area contributed by atoms with Gasteiger partial charge in [-0.1, -0.05) is 6.92 Å². The fourth-order valence-electron chi connectivity index (χ4n) is 2.33. The highest BCUT2D eigenvalue weighted by Crippen LogP contribution is 2.19. The summed E-state index contributed by atoms with van der Waals surface area (Å²) >= 11 is 0. The monoisotopic (exact) mass is 302 g/mol. The van der Waals surface area contributed by atoms with Crippen LogP contribution in [0.4, 0.5) is 0 Å². The number of hydrogen-bond donors (Lipinski definition) is 1. The number of amides is 1. The van der Waals surface area contributed by atoms with Crippen LogP contribution in [0.15, 0.2) is 29.2 Å². The molecule has 1 unspecified atom stereocenters. The van der Waals surface area contributed by atoms with Gasteiger partial charge in [-0.2, -0.15) is 0 Å². The number of methoxy groups -OCH3 is 1. The Balaban J connectivity index is 2.62. The lowest BCUT2D eigenvalue weighted by Crippen LogP contribution is -2.35. The van der Waals surface area contributed by atoms with Crippen molar-refractivity contribution in [1.29, 1.82) is 0 Å². The van der Waals surface area contributed by atoms with Gasteiger partial charge in [0.25, 0.3) is 5.91 Å². The minimum Gasteiger partial charge on any atom is -0.497 e. The molecule has 2 aromatic rings. The van der Waals surface area contributed by atoms with E-state index in [2.05, 4.69) is 5.32 Å². The Labute approximate surface area is 129 Å². The zero-order valence-electron chi connectivity index (χ0n) is 13.5. The zero-order valence-corrected chi connectivity index (χ0v) is 13.5. The summed E-state index contributed by atoms with van der Waals surface area (Å²) < 4.78 is 7.09. The largest absolute Gasteiger partial charge is 0.497 e. The average molecular weight is 302 g/mol. The van der Waals surface area contributed by atoms with E-state index in [4.69, 9.17) is 4.74 Å². The fraction of sp³-hybridized carbons (Fsp3) is 0.412. The highest BCUT2D eigenvalue weighted by Gasteiger charge is 2.16. The van der Waals surface area contributed by atoms with Crippen molar-refractivity contribution in [2.24, 2.45) is 0 Å². The van der Waals surface area contributed by atoms with Crippen LogP contribution < -0.4 is 15.5 Å². The maximum Gasteiger partial charge on any atom is 0.256 e. The number of carbonyl (C=O) groups is 1. The molecule has 5 heteroatoms. The molecule has 2 rings (SSSR count). The molecule has 0 aliphatic carbocycles. The second-order valence-corrected chi connectivity index (χ2v) is 5.32. The topological polar surface area (TPSA) is 60.3 Å². The molecular weight excluding hydrogens is 280 g/mol. The summed E-state index contributed by atoms with van der Waals surface area (Å²) in [7, 11) is 1.55. The number of aromatic nitrogens is 1. The van der Waals surface area contributed by atoms with Crippen molar-refractivity contribution in [2.45, 2.75) is 39.8 Å². The number of rotatable bonds is 5. The number of hydrogen-bond acceptors (Lipinski definition) is 3. The molecule has 5 nitrogen and oxygen atoms in total. The van der Waals surface area contributed by atoms with E-state index in [9.17, 15) is 9.59 Å². The van der Waals surface area contributed by atoms with Gasteiger partial charge in [-0.25, -0.2) is 0 Å². The summed E-state index contributed by atoms with van der Waals surface area (Å²) in [4.78, 5) is 25.0. The number of carbonyl (C=O) groups excluding carboxylic acids is 1. The van der Waals surface area contributed by atoms with E-state index in [1.54, 1.807) is 19.4 Å². The molecule has 1 aromatic heterocycles. The van der Waals surface area contributed by atoms with E-state index >= 15 is 0 Å². The van der Waals surface area contributed by atoms with Gasteiger partial charge >= 0.3 is 0 Å². The minimum atomic E-state index is -0.328. The van der Waals surface area contributed by atoms with Gasteiger partial charge in [-0.15, -0.1) is 0 Å². The molecule has 1 atom stereocenters. The van der Waals surface area contributed by atoms with E-state index in [1.807, 2.05) is 37.5 Å². The number of nitrogens with zero attached hydrogens (tertiary/aromatic N) is 1. The highest BCUT2D eigenvalue weighted by molar-refractivity contribution is 5.97. The summed E-state index contributed by atoms with van der Waals surface area (Å²) in [5.74, 6) is 0.276. The van der Waals surface area contributed by atoms with Crippen LogP contribution in [-0.4, -0.2) is 23.6 Å². The van der Waals surface area contributed by atoms with Gasteiger partial charge < -0.3 is 14.6 Å². The van der Waals surface area contributed by atoms with Crippen LogP contribution in [0, 0.1) is 0 Å². The lowest BCUT2D eigenvalue weighted by Gasteiger charge is -2.14. The number of aryl methyl sites for hydroxylation is 1. The molecule has 1 amide bonds. The van der Waals surface area contributed by atoms with Gasteiger partial charge in [-0.3, -0.25) is 9.59 Å². The SMILES string of the molecule is CCC(C)NC(=O)c1cn(CC)c2ccc(OC)cc2c1=O. The van der Waals surface area contributed by atoms with Gasteiger partial charge in [0, 0.05) is 18.8 Å². The number of nitrogens with one attached hydrogen (secondary N) is 1. The first-order chi connectivity index (χ1) is 10.5. The first-order valence-corrected chi connectivity index (χ1v) is 7.53. The molecule has 118 valence electrons. The van der Waals surface area contributed by atoms with Crippen LogP contribution in [0.25, 0.3) is 10.9 Å². The Morgan fingerprint density at radius 3 is 2.68 bits per heavy atom. The maximum atomic E-state index is 12.6. The molecule has 1 N–H and O–H groups in total. The first-order valence-electron chi connectivity index (χ1n) is 7.53. The van der Waals surface area contributed by atoms with Crippen LogP contribution in [0.2, 0.25) is 0 Å². The van der Waals surface area contributed by atoms with E-state index in [1.165, 1.54) is 0 Å². The zero-order chi connectivity index (χ0) is 16.3. The van der Waals surface area contributed by atoms with Gasteiger partial charge in [0.2, 0.25) is 5.43 Å². The normalized spacial score (nSPS) is 12.2. The fourth-order valence-corrected chi connectivity index (χ4v) is 2.33. The minimum absolute atomic E-state index is 0.0305. The molecule has 0 bridgehead atoms. The number of fused-ring (bicyclic) bond motifs is 1. The van der Waals surface area contributed by atoms with Crippen molar-refractivity contribution >= 4 is 16.8 Å². The molecule has 0 aliphatic heterocycles. The quantitative estimate of drug-likeness (QED) is 0.923. The third kappa shape index (κ3) is 2.98. The number of ether oxygens (including phenoxy) is 1. The third-order valence-corrected chi connectivity index (χ3v) is 3.86. The summed E-state index contributed by atoms with van der Waals surface area (Å²) in [6.45, 7) is 6.55. The van der Waals surface area contributed by atoms with Crippen molar-refractivity contribution in [2.75, 3.05) is 7.11 Å². The molecular formula is C17H22N2O3. The molecule has 0 saturated heterocycles. The number of pyridine rings is 1. The van der Waals surface area contributed by atoms with Gasteiger partial charge in [0.05, 0.1) is 18.0 Å². The van der Waals surface area contributed by atoms with Gasteiger partial charge in [0.15, 0.2) is 0 Å². The van der Waals surface area contributed by atoms with E-state index < -0.39 is 0 Å². The predicted octanol–water partition coefficient (Wildman–Crippen LogP) is 2.56. The van der Waals surface area contributed by atoms with Crippen molar-refractivity contribution in [3.63, 3.8) is 0 Å². The summed E-state index contributed by atoms with van der Waals surface area (Å²) in [5, 5.41) is 3.35. The summed E-state index contributed by atoms with van der Waals surface area (Å²) in [5.41, 5.74) is 0.704. The maximum absolute atomic E-state index is 12.6. The lowest BCUT2D eigenvalue weighted by atomic mass is 10.1. The first kappa shape index (κ1) is 16.1. The Hall–Kier alpha value is -2.30. The smallest absolute Gasteiger partial charge is 0.256 e. The average Bonchev–Trinajstić information content (AvgIpc) is 2.54. The molecule has 0 aliphatic rings. The molecule has 1 aromatic carbocycles. The Morgan fingerprint density at radius 1 is 1.36 bits per heavy atom. The van der Waals surface area contributed by atoms with E-state index in [-0.39, 0.29) is 22.9 Å². The Kier molecular flexibility index (Phi) is 4.85. The van der Waals surface area contributed by atoms with Crippen LogP contribution in [0.1, 0.15) is 37.6 Å². The molecule has 0 fully saturated rings. The van der Waals surface area contributed by atoms with Crippen molar-refractivity contribution in [3.05, 3.63) is 40.2 Å². The molecule has 0 spiro atoms. The van der Waals surface area contributed by atoms with Crippen molar-refractivity contribution in [1.82, 2.24) is 9.88 Å². The number of benzene rings is 1. The van der Waals surface area contributed by atoms with Crippen LogP contribution in [0.5, 0.6) is 5.75 Å². The second-order valence-electron chi connectivity index (χ2n) is 5.32. The lowest BCUT2D eigenvalue weighted by molar-refractivity contribution is 0.0937. The van der Waals surface area contributed by atoms with Crippen molar-refractivity contribution in [3.8, 4) is 5.75 Å². The molecule has 0 saturated carbocycles. The van der Waals surface area contributed by atoms with Gasteiger partial charge in [-0.05, 0) is 38.5 Å². The standard InChI is InChI=1S/C17H22N2O3/c1-5-11(3)18-17(21)14-10-19(6-2)15-8-7-12(22-4)9-13(15)16(14)20/h7-11H,5-6H2,1-4H3,(H,18,21). The molecule has 0 radical (unpaired) electrons. The predicted molar refractivity (Wildman–Crippen MR) is 87.7 cm³/mol. The van der Waals surface area contributed by atoms with Crippen LogP contribution in [0.3, 0.4) is 0 Å². The highest BCUT2D eigenvalue weighted by atomic mass is 16.5. The van der Waals surface area contributed by atoms with E-state index in [0.717, 1.165) is 11.9 Å². The van der Waals surface area contributed by atoms with Crippen LogP contribution in [-0.2, 0) is 6.54 Å². The molecule has 22 heavy (non-hydrogen) atoms. The summed E-state index contributed by atoms with van der Waals surface area (Å²) in [6.07, 6.45) is 2.45. The van der Waals surface area contributed by atoms with Crippen molar-refractivity contribution < 1.29 is 9.53 Å². The third-order valence-electron chi connectivity index (χ3n) is 3.86. The van der Waals surface area contributed by atoms with E-state index in [0.29, 0.717) is 17.7 Å².